The molecular formula is C19H15N5O. The van der Waals surface area contributed by atoms with Crippen molar-refractivity contribution in [2.24, 2.45) is 0 Å². The number of amides is 1. The fourth-order valence-electron chi connectivity index (χ4n) is 2.31. The van der Waals surface area contributed by atoms with Crippen LogP contribution in [-0.2, 0) is 0 Å². The van der Waals surface area contributed by atoms with Crippen LogP contribution in [0.3, 0.4) is 0 Å². The molecule has 0 aliphatic carbocycles. The van der Waals surface area contributed by atoms with Gasteiger partial charge in [-0.2, -0.15) is 5.26 Å². The standard InChI is InChI=1S/C19H15N5O/c1-13(15-6-4-5-14(9-15)10-20)24-19(25)16-11-22-18(23-12-16)17-7-2-3-8-21-17/h2-9,11-13H,1H3,(H,24,25)/t13-/m1/s1. The second kappa shape index (κ2) is 7.32. The minimum absolute atomic E-state index is 0.240. The Balaban J connectivity index is 1.72. The van der Waals surface area contributed by atoms with Crippen LogP contribution in [0, 0.1) is 11.3 Å². The summed E-state index contributed by atoms with van der Waals surface area (Å²) in [5.74, 6) is 0.189. The average molecular weight is 329 g/mol. The molecule has 0 spiro atoms. The van der Waals surface area contributed by atoms with Crippen LogP contribution >= 0.6 is 0 Å². The number of hydrogen-bond donors (Lipinski definition) is 1. The molecule has 6 nitrogen and oxygen atoms in total. The molecule has 0 aliphatic rings. The van der Waals surface area contributed by atoms with Crippen molar-refractivity contribution >= 4 is 5.91 Å². The predicted octanol–water partition coefficient (Wildman–Crippen LogP) is 2.90. The number of benzene rings is 1. The van der Waals surface area contributed by atoms with Gasteiger partial charge in [0, 0.05) is 18.6 Å². The maximum atomic E-state index is 12.4. The summed E-state index contributed by atoms with van der Waals surface area (Å²) in [6.45, 7) is 1.86. The molecule has 0 saturated heterocycles. The molecule has 3 aromatic rings. The van der Waals surface area contributed by atoms with E-state index in [-0.39, 0.29) is 11.9 Å². The third-order valence-electron chi connectivity index (χ3n) is 3.67. The van der Waals surface area contributed by atoms with Gasteiger partial charge in [0.15, 0.2) is 5.82 Å². The molecule has 3 rings (SSSR count). The van der Waals surface area contributed by atoms with E-state index in [1.54, 1.807) is 30.5 Å². The first-order valence-electron chi connectivity index (χ1n) is 7.72. The Hall–Kier alpha value is -3.59. The fraction of sp³-hybridized carbons (Fsp3) is 0.105. The van der Waals surface area contributed by atoms with Gasteiger partial charge in [0.05, 0.1) is 23.2 Å². The van der Waals surface area contributed by atoms with Crippen molar-refractivity contribution in [2.45, 2.75) is 13.0 Å². The highest BCUT2D eigenvalue weighted by atomic mass is 16.1. The first-order valence-corrected chi connectivity index (χ1v) is 7.72. The zero-order valence-corrected chi connectivity index (χ0v) is 13.5. The number of nitrogens with one attached hydrogen (secondary N) is 1. The topological polar surface area (TPSA) is 91.6 Å². The SMILES string of the molecule is C[C@@H](NC(=O)c1cnc(-c2ccccn2)nc1)c1cccc(C#N)c1. The van der Waals surface area contributed by atoms with Gasteiger partial charge in [-0.1, -0.05) is 18.2 Å². The highest BCUT2D eigenvalue weighted by molar-refractivity contribution is 5.93. The van der Waals surface area contributed by atoms with Crippen molar-refractivity contribution in [3.8, 4) is 17.6 Å². The molecule has 122 valence electrons. The van der Waals surface area contributed by atoms with Crippen LogP contribution in [0.15, 0.2) is 61.1 Å². The van der Waals surface area contributed by atoms with Gasteiger partial charge in [0.25, 0.3) is 5.91 Å². The highest BCUT2D eigenvalue weighted by Gasteiger charge is 2.13. The summed E-state index contributed by atoms with van der Waals surface area (Å²) in [6.07, 6.45) is 4.62. The molecule has 0 aliphatic heterocycles. The number of rotatable bonds is 4. The Morgan fingerprint density at radius 1 is 1.12 bits per heavy atom. The molecule has 0 fully saturated rings. The lowest BCUT2D eigenvalue weighted by Gasteiger charge is -2.14. The summed E-state index contributed by atoms with van der Waals surface area (Å²) < 4.78 is 0. The summed E-state index contributed by atoms with van der Waals surface area (Å²) in [4.78, 5) is 24.9. The molecule has 1 amide bonds. The number of carbonyl (C=O) groups is 1. The summed E-state index contributed by atoms with van der Waals surface area (Å²) in [6, 6.07) is 14.5. The first-order chi connectivity index (χ1) is 12.2. The fourth-order valence-corrected chi connectivity index (χ4v) is 2.31. The molecular weight excluding hydrogens is 314 g/mol. The van der Waals surface area contributed by atoms with Gasteiger partial charge in [0.1, 0.15) is 5.69 Å². The van der Waals surface area contributed by atoms with E-state index in [0.29, 0.717) is 22.6 Å². The Bertz CT molecular complexity index is 917. The lowest BCUT2D eigenvalue weighted by atomic mass is 10.1. The summed E-state index contributed by atoms with van der Waals surface area (Å²) in [5.41, 5.74) is 2.43. The van der Waals surface area contributed by atoms with Crippen molar-refractivity contribution in [3.63, 3.8) is 0 Å². The summed E-state index contributed by atoms with van der Waals surface area (Å²) in [5, 5.41) is 11.8. The Morgan fingerprint density at radius 2 is 1.92 bits per heavy atom. The normalized spacial score (nSPS) is 11.4. The van der Waals surface area contributed by atoms with E-state index >= 15 is 0 Å². The maximum absolute atomic E-state index is 12.4. The molecule has 2 aromatic heterocycles. The smallest absolute Gasteiger partial charge is 0.254 e. The number of hydrogen-bond acceptors (Lipinski definition) is 5. The first kappa shape index (κ1) is 16.3. The number of carbonyl (C=O) groups excluding carboxylic acids is 1. The molecule has 1 aromatic carbocycles. The van der Waals surface area contributed by atoms with E-state index in [1.165, 1.54) is 12.4 Å². The maximum Gasteiger partial charge on any atom is 0.254 e. The summed E-state index contributed by atoms with van der Waals surface area (Å²) >= 11 is 0. The van der Waals surface area contributed by atoms with Gasteiger partial charge in [-0.15, -0.1) is 0 Å². The molecule has 25 heavy (non-hydrogen) atoms. The Labute approximate surface area is 145 Å². The molecule has 2 heterocycles. The molecule has 0 bridgehead atoms. The van der Waals surface area contributed by atoms with E-state index < -0.39 is 0 Å². The van der Waals surface area contributed by atoms with Crippen LogP contribution in [-0.4, -0.2) is 20.9 Å². The van der Waals surface area contributed by atoms with Crippen LogP contribution in [0.4, 0.5) is 0 Å². The number of nitriles is 1. The zero-order valence-electron chi connectivity index (χ0n) is 13.5. The quantitative estimate of drug-likeness (QED) is 0.794. The second-order valence-corrected chi connectivity index (χ2v) is 5.44. The molecule has 1 N–H and O–H groups in total. The molecule has 1 atom stereocenters. The molecule has 0 radical (unpaired) electrons. The van der Waals surface area contributed by atoms with Crippen molar-refractivity contribution in [3.05, 3.63) is 77.7 Å². The minimum Gasteiger partial charge on any atom is -0.345 e. The zero-order chi connectivity index (χ0) is 17.6. The average Bonchev–Trinajstić information content (AvgIpc) is 2.68. The van der Waals surface area contributed by atoms with E-state index in [9.17, 15) is 4.79 Å². The molecule has 6 heteroatoms. The van der Waals surface area contributed by atoms with Crippen molar-refractivity contribution < 1.29 is 4.79 Å². The summed E-state index contributed by atoms with van der Waals surface area (Å²) in [7, 11) is 0. The van der Waals surface area contributed by atoms with E-state index in [0.717, 1.165) is 5.56 Å². The monoisotopic (exact) mass is 329 g/mol. The van der Waals surface area contributed by atoms with E-state index in [4.69, 9.17) is 5.26 Å². The molecule has 0 unspecified atom stereocenters. The Kier molecular flexibility index (Phi) is 4.77. The van der Waals surface area contributed by atoms with Gasteiger partial charge in [-0.05, 0) is 36.8 Å². The number of nitrogens with zero attached hydrogens (tertiary/aromatic N) is 4. The lowest BCUT2D eigenvalue weighted by molar-refractivity contribution is 0.0939. The van der Waals surface area contributed by atoms with Crippen molar-refractivity contribution in [2.75, 3.05) is 0 Å². The largest absolute Gasteiger partial charge is 0.345 e. The number of pyridine rings is 1. The van der Waals surface area contributed by atoms with Gasteiger partial charge >= 0.3 is 0 Å². The third-order valence-corrected chi connectivity index (χ3v) is 3.67. The van der Waals surface area contributed by atoms with E-state index in [1.807, 2.05) is 25.1 Å². The Morgan fingerprint density at radius 3 is 2.60 bits per heavy atom. The van der Waals surface area contributed by atoms with E-state index in [2.05, 4.69) is 26.3 Å². The van der Waals surface area contributed by atoms with Crippen LogP contribution in [0.25, 0.3) is 11.5 Å². The van der Waals surface area contributed by atoms with Crippen LogP contribution in [0.2, 0.25) is 0 Å². The van der Waals surface area contributed by atoms with Crippen molar-refractivity contribution in [1.29, 1.82) is 5.26 Å². The van der Waals surface area contributed by atoms with Gasteiger partial charge < -0.3 is 5.32 Å². The second-order valence-electron chi connectivity index (χ2n) is 5.44. The predicted molar refractivity (Wildman–Crippen MR) is 92.3 cm³/mol. The molecule has 0 saturated carbocycles. The van der Waals surface area contributed by atoms with Gasteiger partial charge in [-0.25, -0.2) is 9.97 Å². The highest BCUT2D eigenvalue weighted by Crippen LogP contribution is 2.15. The minimum atomic E-state index is -0.276. The van der Waals surface area contributed by atoms with Gasteiger partial charge in [0.2, 0.25) is 0 Å². The van der Waals surface area contributed by atoms with Gasteiger partial charge in [-0.3, -0.25) is 9.78 Å². The third kappa shape index (κ3) is 3.85. The lowest BCUT2D eigenvalue weighted by Crippen LogP contribution is -2.27. The van der Waals surface area contributed by atoms with Crippen LogP contribution in [0.5, 0.6) is 0 Å². The number of aromatic nitrogens is 3. The van der Waals surface area contributed by atoms with Crippen LogP contribution < -0.4 is 5.32 Å². The van der Waals surface area contributed by atoms with Crippen LogP contribution in [0.1, 0.15) is 34.5 Å². The van der Waals surface area contributed by atoms with Crippen molar-refractivity contribution in [1.82, 2.24) is 20.3 Å².